The van der Waals surface area contributed by atoms with Crippen LogP contribution >= 0.6 is 0 Å². The van der Waals surface area contributed by atoms with Crippen LogP contribution in [-0.4, -0.2) is 11.1 Å². The van der Waals surface area contributed by atoms with Gasteiger partial charge in [0.25, 0.3) is 0 Å². The summed E-state index contributed by atoms with van der Waals surface area (Å²) in [4.78, 5) is 4.18. The van der Waals surface area contributed by atoms with Crippen LogP contribution in [0.15, 0.2) is 12.3 Å². The maximum atomic E-state index is 5.77. The van der Waals surface area contributed by atoms with E-state index in [1.165, 1.54) is 0 Å². The molecule has 0 saturated heterocycles. The Balaban J connectivity index is 2.27. The first-order chi connectivity index (χ1) is 6.97. The summed E-state index contributed by atoms with van der Waals surface area (Å²) < 4.78 is 5.70. The molecule has 2 N–H and O–H groups in total. The number of nitrogens with zero attached hydrogens (tertiary/aromatic N) is 1. The Morgan fingerprint density at radius 3 is 2.60 bits per heavy atom. The second-order valence-electron chi connectivity index (χ2n) is 5.17. The number of nitrogen functional groups attached to an aromatic ring is 1. The molecule has 1 aliphatic rings. The summed E-state index contributed by atoms with van der Waals surface area (Å²) in [6, 6.07) is 2.01. The Hall–Kier alpha value is -1.25. The van der Waals surface area contributed by atoms with E-state index in [0.29, 0.717) is 11.9 Å². The van der Waals surface area contributed by atoms with Gasteiger partial charge in [0.2, 0.25) is 0 Å². The van der Waals surface area contributed by atoms with Crippen molar-refractivity contribution in [1.82, 2.24) is 4.98 Å². The maximum Gasteiger partial charge on any atom is 0.166 e. The highest BCUT2D eigenvalue weighted by Gasteiger charge is 2.25. The van der Waals surface area contributed by atoms with Gasteiger partial charge in [-0.2, -0.15) is 0 Å². The van der Waals surface area contributed by atoms with E-state index in [9.17, 15) is 0 Å². The van der Waals surface area contributed by atoms with Crippen molar-refractivity contribution in [1.29, 1.82) is 0 Å². The van der Waals surface area contributed by atoms with E-state index in [1.54, 1.807) is 0 Å². The Labute approximate surface area is 90.7 Å². The van der Waals surface area contributed by atoms with Gasteiger partial charge in [0.1, 0.15) is 0 Å². The van der Waals surface area contributed by atoms with Crippen LogP contribution in [0.3, 0.4) is 0 Å². The molecule has 1 heterocycles. The Bertz CT molecular complexity index is 364. The molecule has 15 heavy (non-hydrogen) atoms. The molecule has 1 saturated carbocycles. The molecule has 0 unspecified atom stereocenters. The second kappa shape index (κ2) is 3.40. The smallest absolute Gasteiger partial charge is 0.166 e. The predicted molar refractivity (Wildman–Crippen MR) is 61.0 cm³/mol. The van der Waals surface area contributed by atoms with Gasteiger partial charge in [-0.05, 0) is 29.9 Å². The number of rotatable bonds is 2. The Kier molecular flexibility index (Phi) is 2.33. The zero-order valence-electron chi connectivity index (χ0n) is 9.58. The van der Waals surface area contributed by atoms with Crippen LogP contribution in [0.2, 0.25) is 0 Å². The van der Waals surface area contributed by atoms with E-state index in [0.717, 1.165) is 24.2 Å². The average molecular weight is 206 g/mol. The maximum absolute atomic E-state index is 5.77. The van der Waals surface area contributed by atoms with Crippen LogP contribution in [0.5, 0.6) is 5.75 Å². The molecule has 0 bridgehead atoms. The van der Waals surface area contributed by atoms with Gasteiger partial charge in [0.05, 0.1) is 6.10 Å². The Morgan fingerprint density at radius 1 is 1.40 bits per heavy atom. The monoisotopic (exact) mass is 206 g/mol. The van der Waals surface area contributed by atoms with E-state index in [4.69, 9.17) is 10.5 Å². The molecule has 1 fully saturated rings. The number of anilines is 1. The fourth-order valence-corrected chi connectivity index (χ4v) is 1.33. The minimum absolute atomic E-state index is 0.0857. The lowest BCUT2D eigenvalue weighted by molar-refractivity contribution is 0.303. The molecule has 0 spiro atoms. The van der Waals surface area contributed by atoms with E-state index >= 15 is 0 Å². The molecule has 0 amide bonds. The van der Waals surface area contributed by atoms with Crippen molar-refractivity contribution in [2.24, 2.45) is 0 Å². The van der Waals surface area contributed by atoms with Crippen LogP contribution in [0.4, 0.5) is 5.82 Å². The molecule has 1 aromatic rings. The molecule has 0 atom stereocenters. The van der Waals surface area contributed by atoms with Gasteiger partial charge in [0, 0.05) is 6.20 Å². The largest absolute Gasteiger partial charge is 0.487 e. The minimum Gasteiger partial charge on any atom is -0.487 e. The summed E-state index contributed by atoms with van der Waals surface area (Å²) in [5.74, 6) is 1.24. The van der Waals surface area contributed by atoms with Gasteiger partial charge in [-0.25, -0.2) is 4.98 Å². The summed E-state index contributed by atoms with van der Waals surface area (Å²) >= 11 is 0. The molecule has 3 heteroatoms. The molecule has 0 radical (unpaired) electrons. The molecule has 0 aliphatic heterocycles. The van der Waals surface area contributed by atoms with E-state index < -0.39 is 0 Å². The molecular weight excluding hydrogens is 188 g/mol. The van der Waals surface area contributed by atoms with Crippen molar-refractivity contribution < 1.29 is 4.74 Å². The number of pyridine rings is 1. The fraction of sp³-hybridized carbons (Fsp3) is 0.583. The zero-order valence-corrected chi connectivity index (χ0v) is 9.58. The first-order valence-corrected chi connectivity index (χ1v) is 5.39. The van der Waals surface area contributed by atoms with Gasteiger partial charge in [-0.3, -0.25) is 0 Å². The van der Waals surface area contributed by atoms with Crippen LogP contribution in [0.1, 0.15) is 39.2 Å². The fourth-order valence-electron chi connectivity index (χ4n) is 1.33. The van der Waals surface area contributed by atoms with Crippen LogP contribution in [-0.2, 0) is 5.41 Å². The van der Waals surface area contributed by atoms with Crippen molar-refractivity contribution in [3.05, 3.63) is 17.8 Å². The quantitative estimate of drug-likeness (QED) is 0.808. The lowest BCUT2D eigenvalue weighted by Crippen LogP contribution is -2.13. The minimum atomic E-state index is 0.0857. The summed E-state index contributed by atoms with van der Waals surface area (Å²) in [6.07, 6.45) is 4.47. The summed E-state index contributed by atoms with van der Waals surface area (Å²) in [5, 5.41) is 0. The molecule has 82 valence electrons. The summed E-state index contributed by atoms with van der Waals surface area (Å²) in [7, 11) is 0. The first kappa shape index (κ1) is 10.3. The van der Waals surface area contributed by atoms with Gasteiger partial charge >= 0.3 is 0 Å². The standard InChI is InChI=1S/C12H18N2O/c1-12(2,3)8-6-10(11(13)14-7-8)15-9-4-5-9/h6-7,9H,4-5H2,1-3H3,(H2,13,14). The zero-order chi connectivity index (χ0) is 11.1. The summed E-state index contributed by atoms with van der Waals surface area (Å²) in [6.45, 7) is 6.46. The van der Waals surface area contributed by atoms with Crippen molar-refractivity contribution in [2.75, 3.05) is 5.73 Å². The molecule has 3 nitrogen and oxygen atoms in total. The SMILES string of the molecule is CC(C)(C)c1cnc(N)c(OC2CC2)c1. The van der Waals surface area contributed by atoms with Crippen molar-refractivity contribution in [3.63, 3.8) is 0 Å². The number of hydrogen-bond donors (Lipinski definition) is 1. The topological polar surface area (TPSA) is 48.1 Å². The van der Waals surface area contributed by atoms with Crippen LogP contribution in [0, 0.1) is 0 Å². The first-order valence-electron chi connectivity index (χ1n) is 5.39. The van der Waals surface area contributed by atoms with Gasteiger partial charge in [-0.15, -0.1) is 0 Å². The predicted octanol–water partition coefficient (Wildman–Crippen LogP) is 2.50. The highest BCUT2D eigenvalue weighted by molar-refractivity contribution is 5.48. The molecule has 2 rings (SSSR count). The lowest BCUT2D eigenvalue weighted by atomic mass is 9.88. The number of hydrogen-bond acceptors (Lipinski definition) is 3. The van der Waals surface area contributed by atoms with E-state index in [1.807, 2.05) is 12.3 Å². The van der Waals surface area contributed by atoms with E-state index in [-0.39, 0.29) is 5.41 Å². The highest BCUT2D eigenvalue weighted by atomic mass is 16.5. The number of ether oxygens (including phenoxy) is 1. The third kappa shape index (κ3) is 2.41. The number of nitrogens with two attached hydrogens (primary N) is 1. The molecular formula is C12H18N2O. The van der Waals surface area contributed by atoms with Crippen molar-refractivity contribution in [3.8, 4) is 5.75 Å². The lowest BCUT2D eigenvalue weighted by Gasteiger charge is -2.19. The summed E-state index contributed by atoms with van der Waals surface area (Å²) in [5.41, 5.74) is 7.02. The van der Waals surface area contributed by atoms with Gasteiger partial charge < -0.3 is 10.5 Å². The average Bonchev–Trinajstić information content (AvgIpc) is 2.90. The number of aromatic nitrogens is 1. The third-order valence-electron chi connectivity index (χ3n) is 2.57. The second-order valence-corrected chi connectivity index (χ2v) is 5.17. The Morgan fingerprint density at radius 2 is 2.07 bits per heavy atom. The molecule has 0 aromatic carbocycles. The molecule has 1 aliphatic carbocycles. The normalized spacial score (nSPS) is 16.5. The van der Waals surface area contributed by atoms with Crippen molar-refractivity contribution in [2.45, 2.75) is 45.1 Å². The van der Waals surface area contributed by atoms with Gasteiger partial charge in [-0.1, -0.05) is 20.8 Å². The van der Waals surface area contributed by atoms with Crippen LogP contribution < -0.4 is 10.5 Å². The van der Waals surface area contributed by atoms with Crippen LogP contribution in [0.25, 0.3) is 0 Å². The van der Waals surface area contributed by atoms with Gasteiger partial charge in [0.15, 0.2) is 11.6 Å². The third-order valence-corrected chi connectivity index (χ3v) is 2.57. The van der Waals surface area contributed by atoms with Crippen molar-refractivity contribution >= 4 is 5.82 Å². The highest BCUT2D eigenvalue weighted by Crippen LogP contribution is 2.32. The van der Waals surface area contributed by atoms with E-state index in [2.05, 4.69) is 25.8 Å². The molecule has 1 aromatic heterocycles.